The van der Waals surface area contributed by atoms with E-state index in [0.717, 1.165) is 43.3 Å². The number of benzene rings is 2. The van der Waals surface area contributed by atoms with Crippen molar-refractivity contribution in [2.24, 2.45) is 0 Å². The monoisotopic (exact) mass is 450 g/mol. The minimum atomic E-state index is -0.995. The van der Waals surface area contributed by atoms with Crippen LogP contribution in [0, 0.1) is 0 Å². The number of hydrogen-bond acceptors (Lipinski definition) is 6. The molecule has 0 atom stereocenters. The molecule has 0 unspecified atom stereocenters. The molecule has 2 heterocycles. The number of nitrogens with one attached hydrogen (secondary N) is 1. The van der Waals surface area contributed by atoms with Gasteiger partial charge in [-0.1, -0.05) is 18.2 Å². The van der Waals surface area contributed by atoms with E-state index in [-0.39, 0.29) is 17.9 Å². The van der Waals surface area contributed by atoms with Crippen molar-refractivity contribution in [3.05, 3.63) is 70.7 Å². The van der Waals surface area contributed by atoms with E-state index < -0.39 is 5.97 Å². The standard InChI is InChI=1S/C24H26N4O3S/c1-27-9-11-28(12-10-27)15-17-3-2-4-19(13-17)23-26-21(16-32-23)14-22(29)25-20-7-5-18(6-8-20)24(30)31/h2-8,13,16H,9-12,14-15H2,1H3,(H,25,29)(H,30,31). The zero-order valence-corrected chi connectivity index (χ0v) is 18.8. The van der Waals surface area contributed by atoms with Crippen LogP contribution >= 0.6 is 11.3 Å². The van der Waals surface area contributed by atoms with Gasteiger partial charge in [0.15, 0.2) is 0 Å². The number of carbonyl (C=O) groups is 2. The zero-order chi connectivity index (χ0) is 22.5. The van der Waals surface area contributed by atoms with Crippen molar-refractivity contribution < 1.29 is 14.7 Å². The van der Waals surface area contributed by atoms with E-state index in [1.54, 1.807) is 12.1 Å². The Balaban J connectivity index is 1.36. The van der Waals surface area contributed by atoms with Crippen LogP contribution in [0.15, 0.2) is 53.9 Å². The maximum Gasteiger partial charge on any atom is 0.335 e. The summed E-state index contributed by atoms with van der Waals surface area (Å²) in [6.45, 7) is 5.29. The lowest BCUT2D eigenvalue weighted by Gasteiger charge is -2.32. The number of carbonyl (C=O) groups excluding carboxylic acids is 1. The van der Waals surface area contributed by atoms with Crippen LogP contribution in [0.1, 0.15) is 21.6 Å². The van der Waals surface area contributed by atoms with Crippen LogP contribution in [0.5, 0.6) is 0 Å². The van der Waals surface area contributed by atoms with Gasteiger partial charge in [-0.05, 0) is 42.9 Å². The van der Waals surface area contributed by atoms with Gasteiger partial charge in [0.05, 0.1) is 17.7 Å². The van der Waals surface area contributed by atoms with Gasteiger partial charge in [0.1, 0.15) is 5.01 Å². The number of anilines is 1. The van der Waals surface area contributed by atoms with Crippen molar-refractivity contribution >= 4 is 28.9 Å². The minimum absolute atomic E-state index is 0.165. The number of aromatic nitrogens is 1. The molecule has 3 aromatic rings. The van der Waals surface area contributed by atoms with Gasteiger partial charge in [-0.25, -0.2) is 9.78 Å². The molecule has 0 saturated carbocycles. The second-order valence-corrected chi connectivity index (χ2v) is 8.89. The first-order valence-corrected chi connectivity index (χ1v) is 11.4. The summed E-state index contributed by atoms with van der Waals surface area (Å²) in [6, 6.07) is 14.6. The first-order valence-electron chi connectivity index (χ1n) is 10.5. The Morgan fingerprint density at radius 2 is 1.84 bits per heavy atom. The van der Waals surface area contributed by atoms with Crippen molar-refractivity contribution in [2.45, 2.75) is 13.0 Å². The Hall–Kier alpha value is -3.07. The van der Waals surface area contributed by atoms with E-state index in [0.29, 0.717) is 11.4 Å². The number of carboxylic acid groups (broad SMARTS) is 1. The van der Waals surface area contributed by atoms with Gasteiger partial charge < -0.3 is 15.3 Å². The lowest BCUT2D eigenvalue weighted by Crippen LogP contribution is -2.43. The number of thiazole rings is 1. The van der Waals surface area contributed by atoms with Crippen LogP contribution in [0.4, 0.5) is 5.69 Å². The molecule has 2 N–H and O–H groups in total. The van der Waals surface area contributed by atoms with Crippen molar-refractivity contribution in [2.75, 3.05) is 38.5 Å². The molecule has 0 bridgehead atoms. The van der Waals surface area contributed by atoms with Gasteiger partial charge in [-0.2, -0.15) is 0 Å². The summed E-state index contributed by atoms with van der Waals surface area (Å²) in [6.07, 6.45) is 0.165. The summed E-state index contributed by atoms with van der Waals surface area (Å²) in [5, 5.41) is 14.6. The maximum atomic E-state index is 12.4. The van der Waals surface area contributed by atoms with Crippen molar-refractivity contribution in [3.63, 3.8) is 0 Å². The SMILES string of the molecule is CN1CCN(Cc2cccc(-c3nc(CC(=O)Nc4ccc(C(=O)O)cc4)cs3)c2)CC1. The second-order valence-electron chi connectivity index (χ2n) is 8.03. The molecule has 8 heteroatoms. The average molecular weight is 451 g/mol. The van der Waals surface area contributed by atoms with E-state index in [1.807, 2.05) is 5.38 Å². The molecule has 0 aliphatic carbocycles. The Kier molecular flexibility index (Phi) is 6.94. The van der Waals surface area contributed by atoms with Gasteiger partial charge >= 0.3 is 5.97 Å². The number of hydrogen-bond donors (Lipinski definition) is 2. The van der Waals surface area contributed by atoms with Crippen LogP contribution in [0.25, 0.3) is 10.6 Å². The predicted molar refractivity (Wildman–Crippen MR) is 126 cm³/mol. The van der Waals surface area contributed by atoms with Crippen LogP contribution in [0.2, 0.25) is 0 Å². The molecule has 2 aromatic carbocycles. The number of rotatable bonds is 7. The molecule has 1 aliphatic heterocycles. The molecule has 0 radical (unpaired) electrons. The van der Waals surface area contributed by atoms with Crippen LogP contribution in [-0.2, 0) is 17.8 Å². The summed E-state index contributed by atoms with van der Waals surface area (Å²) in [7, 11) is 2.16. The molecule has 1 saturated heterocycles. The van der Waals surface area contributed by atoms with Crippen molar-refractivity contribution in [1.82, 2.24) is 14.8 Å². The summed E-state index contributed by atoms with van der Waals surface area (Å²) in [5.41, 5.74) is 3.80. The smallest absolute Gasteiger partial charge is 0.335 e. The van der Waals surface area contributed by atoms with Crippen LogP contribution < -0.4 is 5.32 Å². The number of carboxylic acids is 1. The molecule has 1 aliphatic rings. The van der Waals surface area contributed by atoms with Gasteiger partial charge in [0.25, 0.3) is 0 Å². The van der Waals surface area contributed by atoms with E-state index in [4.69, 9.17) is 5.11 Å². The molecule has 4 rings (SSSR count). The summed E-state index contributed by atoms with van der Waals surface area (Å²) >= 11 is 1.53. The van der Waals surface area contributed by atoms with E-state index in [1.165, 1.54) is 29.0 Å². The maximum absolute atomic E-state index is 12.4. The molecule has 1 amide bonds. The molecule has 7 nitrogen and oxygen atoms in total. The molecule has 1 fully saturated rings. The Morgan fingerprint density at radius 1 is 1.09 bits per heavy atom. The van der Waals surface area contributed by atoms with Gasteiger partial charge in [0.2, 0.25) is 5.91 Å². The van der Waals surface area contributed by atoms with Gasteiger partial charge in [-0.3, -0.25) is 9.69 Å². The number of piperazine rings is 1. The van der Waals surface area contributed by atoms with Gasteiger partial charge in [-0.15, -0.1) is 11.3 Å². The summed E-state index contributed by atoms with van der Waals surface area (Å²) < 4.78 is 0. The normalized spacial score (nSPS) is 14.9. The van der Waals surface area contributed by atoms with Crippen LogP contribution in [-0.4, -0.2) is 65.0 Å². The molecule has 32 heavy (non-hydrogen) atoms. The lowest BCUT2D eigenvalue weighted by atomic mass is 10.1. The van der Waals surface area contributed by atoms with Crippen molar-refractivity contribution in [1.29, 1.82) is 0 Å². The third-order valence-corrected chi connectivity index (χ3v) is 6.43. The quantitative estimate of drug-likeness (QED) is 0.574. The first kappa shape index (κ1) is 22.1. The fraction of sp³-hybridized carbons (Fsp3) is 0.292. The molecule has 166 valence electrons. The highest BCUT2D eigenvalue weighted by Gasteiger charge is 2.15. The second kappa shape index (κ2) is 10.0. The van der Waals surface area contributed by atoms with Crippen LogP contribution in [0.3, 0.4) is 0 Å². The highest BCUT2D eigenvalue weighted by molar-refractivity contribution is 7.13. The largest absolute Gasteiger partial charge is 0.478 e. The topological polar surface area (TPSA) is 85.8 Å². The Labute approximate surface area is 191 Å². The predicted octanol–water partition coefficient (Wildman–Crippen LogP) is 3.44. The number of nitrogens with zero attached hydrogens (tertiary/aromatic N) is 3. The first-order chi connectivity index (χ1) is 15.5. The summed E-state index contributed by atoms with van der Waals surface area (Å²) in [5.74, 6) is -1.18. The summed E-state index contributed by atoms with van der Waals surface area (Å²) in [4.78, 5) is 32.8. The highest BCUT2D eigenvalue weighted by atomic mass is 32.1. The molecule has 0 spiro atoms. The average Bonchev–Trinajstić information content (AvgIpc) is 3.24. The number of likely N-dealkylation sites (N-methyl/N-ethyl adjacent to an activating group) is 1. The van der Waals surface area contributed by atoms with E-state index in [9.17, 15) is 9.59 Å². The molecular weight excluding hydrogens is 424 g/mol. The Bertz CT molecular complexity index is 1090. The highest BCUT2D eigenvalue weighted by Crippen LogP contribution is 2.25. The molecule has 1 aromatic heterocycles. The minimum Gasteiger partial charge on any atom is -0.478 e. The van der Waals surface area contributed by atoms with Crippen molar-refractivity contribution in [3.8, 4) is 10.6 Å². The number of aromatic carboxylic acids is 1. The fourth-order valence-corrected chi connectivity index (χ4v) is 4.47. The van der Waals surface area contributed by atoms with Gasteiger partial charge in [0, 0.05) is 49.4 Å². The third-order valence-electron chi connectivity index (χ3n) is 5.49. The third kappa shape index (κ3) is 5.79. The van der Waals surface area contributed by atoms with E-state index in [2.05, 4.69) is 51.4 Å². The number of amides is 1. The van der Waals surface area contributed by atoms with E-state index >= 15 is 0 Å². The fourth-order valence-electron chi connectivity index (χ4n) is 3.65. The Morgan fingerprint density at radius 3 is 2.56 bits per heavy atom. The zero-order valence-electron chi connectivity index (χ0n) is 18.0. The lowest BCUT2D eigenvalue weighted by molar-refractivity contribution is -0.115. The molecular formula is C24H26N4O3S.